The minimum Gasteiger partial charge on any atom is -0.477 e. The summed E-state index contributed by atoms with van der Waals surface area (Å²) in [7, 11) is 5.30. The highest BCUT2D eigenvalue weighted by atomic mass is 16.4. The van der Waals surface area contributed by atoms with Gasteiger partial charge in [0.15, 0.2) is 5.81 Å². The first kappa shape index (κ1) is 10.9. The average molecular weight is 240 g/mol. The maximum absolute atomic E-state index is 11.3. The van der Waals surface area contributed by atoms with Crippen LogP contribution in [0.25, 0.3) is 10.9 Å². The minimum absolute atomic E-state index is 0.149. The summed E-state index contributed by atoms with van der Waals surface area (Å²) in [5.41, 5.74) is 2.65. The van der Waals surface area contributed by atoms with E-state index in [4.69, 9.17) is 13.0 Å². The van der Waals surface area contributed by atoms with Crippen LogP contribution in [-0.4, -0.2) is 36.3 Å². The normalized spacial score (nSPS) is 13.9. The van der Waals surface area contributed by atoms with E-state index in [0.717, 1.165) is 22.2 Å². The van der Waals surface area contributed by atoms with Crippen molar-refractivity contribution in [2.75, 3.05) is 11.4 Å². The van der Waals surface area contributed by atoms with Crippen molar-refractivity contribution in [2.45, 2.75) is 6.42 Å². The van der Waals surface area contributed by atoms with E-state index >= 15 is 0 Å². The number of aromatic carboxylic acids is 1. The number of hydrogen-bond acceptors (Lipinski definition) is 2. The molecule has 1 aliphatic rings. The van der Waals surface area contributed by atoms with Gasteiger partial charge in [0, 0.05) is 23.1 Å². The Morgan fingerprint density at radius 3 is 2.83 bits per heavy atom. The number of amides is 1. The molecule has 1 amide bonds. The summed E-state index contributed by atoms with van der Waals surface area (Å²) in [5.74, 6) is -1.48. The van der Waals surface area contributed by atoms with Crippen molar-refractivity contribution in [3.63, 3.8) is 0 Å². The summed E-state index contributed by atoms with van der Waals surface area (Å²) >= 11 is 0. The van der Waals surface area contributed by atoms with Crippen LogP contribution in [0.5, 0.6) is 0 Å². The van der Waals surface area contributed by atoms with Crippen LogP contribution in [0, 0.1) is 0 Å². The van der Waals surface area contributed by atoms with Crippen molar-refractivity contribution in [3.8, 4) is 0 Å². The molecule has 5 nitrogen and oxygen atoms in total. The van der Waals surface area contributed by atoms with Gasteiger partial charge in [-0.25, -0.2) is 4.79 Å². The number of carbonyl (C=O) groups excluding carboxylic acids is 1. The Hall–Kier alpha value is -2.24. The molecule has 0 atom stereocenters. The van der Waals surface area contributed by atoms with E-state index in [0.29, 0.717) is 13.0 Å². The minimum atomic E-state index is -0.996. The Kier molecular flexibility index (Phi) is 2.20. The highest BCUT2D eigenvalue weighted by Crippen LogP contribution is 2.34. The third-order valence-corrected chi connectivity index (χ3v) is 3.26. The topological polar surface area (TPSA) is 73.4 Å². The number of hydrogen-bond donors (Lipinski definition) is 2. The Balaban J connectivity index is 2.21. The van der Waals surface area contributed by atoms with Crippen LogP contribution >= 0.6 is 0 Å². The van der Waals surface area contributed by atoms with Crippen molar-refractivity contribution < 1.29 is 14.7 Å². The molecule has 2 heterocycles. The van der Waals surface area contributed by atoms with E-state index in [9.17, 15) is 9.59 Å². The molecule has 0 aliphatic carbocycles. The van der Waals surface area contributed by atoms with E-state index in [1.807, 2.05) is 0 Å². The van der Waals surface area contributed by atoms with Gasteiger partial charge in [-0.05, 0) is 30.2 Å². The van der Waals surface area contributed by atoms with Gasteiger partial charge in [0.2, 0.25) is 7.85 Å². The van der Waals surface area contributed by atoms with Gasteiger partial charge in [-0.15, -0.1) is 0 Å². The lowest BCUT2D eigenvalue weighted by molar-refractivity contribution is 0.0691. The predicted octanol–water partition coefficient (Wildman–Crippen LogP) is 1.52. The Bertz CT molecular complexity index is 677. The number of benzene rings is 1. The molecular formula is C12H9BN2O3. The Morgan fingerprint density at radius 1 is 1.39 bits per heavy atom. The lowest BCUT2D eigenvalue weighted by Crippen LogP contribution is -2.27. The lowest BCUT2D eigenvalue weighted by atomic mass is 10.1. The third kappa shape index (κ3) is 1.42. The lowest BCUT2D eigenvalue weighted by Gasteiger charge is -2.15. The van der Waals surface area contributed by atoms with E-state index < -0.39 is 11.8 Å². The number of rotatable bonds is 1. The summed E-state index contributed by atoms with van der Waals surface area (Å²) in [6.45, 7) is 0.539. The van der Waals surface area contributed by atoms with Gasteiger partial charge in [0.05, 0.1) is 0 Å². The molecule has 0 saturated carbocycles. The van der Waals surface area contributed by atoms with Crippen molar-refractivity contribution >= 4 is 36.2 Å². The molecule has 0 saturated heterocycles. The molecule has 1 aromatic heterocycles. The Morgan fingerprint density at radius 2 is 2.17 bits per heavy atom. The van der Waals surface area contributed by atoms with E-state index in [2.05, 4.69) is 4.98 Å². The fourth-order valence-electron chi connectivity index (χ4n) is 2.46. The van der Waals surface area contributed by atoms with Crippen LogP contribution in [0.2, 0.25) is 0 Å². The summed E-state index contributed by atoms with van der Waals surface area (Å²) in [6, 6.07) is 5.15. The van der Waals surface area contributed by atoms with Crippen molar-refractivity contribution in [1.29, 1.82) is 0 Å². The number of aromatic nitrogens is 1. The molecule has 3 rings (SSSR count). The third-order valence-electron chi connectivity index (χ3n) is 3.26. The van der Waals surface area contributed by atoms with Crippen LogP contribution in [-0.2, 0) is 6.42 Å². The number of carboxylic acids is 1. The second kappa shape index (κ2) is 3.63. The maximum Gasteiger partial charge on any atom is 0.352 e. The first-order chi connectivity index (χ1) is 8.58. The highest BCUT2D eigenvalue weighted by Gasteiger charge is 2.24. The number of fused-ring (bicyclic) bond motifs is 3. The molecule has 0 unspecified atom stereocenters. The molecule has 1 aromatic carbocycles. The Labute approximate surface area is 104 Å². The van der Waals surface area contributed by atoms with E-state index in [1.165, 1.54) is 4.90 Å². The maximum atomic E-state index is 11.3. The highest BCUT2D eigenvalue weighted by molar-refractivity contribution is 6.60. The second-order valence-electron chi connectivity index (χ2n) is 4.25. The quantitative estimate of drug-likeness (QED) is 0.742. The molecule has 2 radical (unpaired) electrons. The van der Waals surface area contributed by atoms with Crippen molar-refractivity contribution in [2.24, 2.45) is 0 Å². The summed E-state index contributed by atoms with van der Waals surface area (Å²) in [4.78, 5) is 26.5. The van der Waals surface area contributed by atoms with Crippen LogP contribution in [0.3, 0.4) is 0 Å². The monoisotopic (exact) mass is 240 g/mol. The molecule has 88 valence electrons. The molecule has 2 N–H and O–H groups in total. The zero-order chi connectivity index (χ0) is 12.9. The van der Waals surface area contributed by atoms with Gasteiger partial charge < -0.3 is 15.0 Å². The van der Waals surface area contributed by atoms with Gasteiger partial charge in [-0.2, -0.15) is 0 Å². The van der Waals surface area contributed by atoms with Gasteiger partial charge in [-0.1, -0.05) is 0 Å². The molecule has 0 spiro atoms. The zero-order valence-corrected chi connectivity index (χ0v) is 9.43. The van der Waals surface area contributed by atoms with Crippen LogP contribution in [0.1, 0.15) is 16.1 Å². The molecule has 1 aliphatic heterocycles. The second-order valence-corrected chi connectivity index (χ2v) is 4.25. The van der Waals surface area contributed by atoms with Crippen LogP contribution < -0.4 is 4.90 Å². The first-order valence-corrected chi connectivity index (χ1v) is 5.53. The SMILES string of the molecule is [B]C(=O)N1CCc2c1ccc1[nH]c(C(=O)O)cc21. The predicted molar refractivity (Wildman–Crippen MR) is 67.5 cm³/mol. The van der Waals surface area contributed by atoms with Gasteiger partial charge >= 0.3 is 5.97 Å². The molecular weight excluding hydrogens is 231 g/mol. The molecule has 2 aromatic rings. The van der Waals surface area contributed by atoms with Crippen LogP contribution in [0.4, 0.5) is 10.5 Å². The number of nitrogens with zero attached hydrogens (tertiary/aromatic N) is 1. The van der Waals surface area contributed by atoms with Crippen LogP contribution in [0.15, 0.2) is 18.2 Å². The summed E-state index contributed by atoms with van der Waals surface area (Å²) in [5, 5.41) is 9.80. The summed E-state index contributed by atoms with van der Waals surface area (Å²) in [6.07, 6.45) is 0.687. The number of carbonyl (C=O) groups is 2. The van der Waals surface area contributed by atoms with Crippen molar-refractivity contribution in [3.05, 3.63) is 29.5 Å². The standard InChI is InChI=1S/C12H9BN2O3/c13-12(18)15-4-3-6-7-5-9(11(16)17)14-8(7)1-2-10(6)15/h1-2,5,14H,3-4H2,(H,16,17). The number of H-pyrrole nitrogens is 1. The first-order valence-electron chi connectivity index (χ1n) is 5.53. The fraction of sp³-hybridized carbons (Fsp3) is 0.167. The van der Waals surface area contributed by atoms with E-state index in [-0.39, 0.29) is 5.69 Å². The van der Waals surface area contributed by atoms with Crippen molar-refractivity contribution in [1.82, 2.24) is 4.98 Å². The molecule has 6 heteroatoms. The number of nitrogens with one attached hydrogen (secondary N) is 1. The van der Waals surface area contributed by atoms with Gasteiger partial charge in [0.25, 0.3) is 0 Å². The van der Waals surface area contributed by atoms with Gasteiger partial charge in [0.1, 0.15) is 5.69 Å². The number of carboxylic acid groups (broad SMARTS) is 1. The zero-order valence-electron chi connectivity index (χ0n) is 9.43. The number of aromatic amines is 1. The average Bonchev–Trinajstić information content (AvgIpc) is 2.91. The van der Waals surface area contributed by atoms with E-state index in [1.54, 1.807) is 18.2 Å². The number of anilines is 1. The molecule has 0 bridgehead atoms. The summed E-state index contributed by atoms with van der Waals surface area (Å²) < 4.78 is 0. The molecule has 0 fully saturated rings. The molecule has 18 heavy (non-hydrogen) atoms. The fourth-order valence-corrected chi connectivity index (χ4v) is 2.46. The largest absolute Gasteiger partial charge is 0.477 e. The van der Waals surface area contributed by atoms with Gasteiger partial charge in [-0.3, -0.25) is 4.79 Å². The smallest absolute Gasteiger partial charge is 0.352 e.